The zero-order chi connectivity index (χ0) is 26.5. The molecule has 8 heteroatoms. The number of nitrogens with zero attached hydrogens (tertiary/aromatic N) is 3. The van der Waals surface area contributed by atoms with Gasteiger partial charge < -0.3 is 24.4 Å². The molecule has 0 radical (unpaired) electrons. The van der Waals surface area contributed by atoms with E-state index < -0.39 is 17.7 Å². The second-order valence-corrected chi connectivity index (χ2v) is 9.76. The topological polar surface area (TPSA) is 82.5 Å². The Morgan fingerprint density at radius 2 is 1.78 bits per heavy atom. The minimum atomic E-state index is -0.673. The smallest absolute Gasteiger partial charge is 0.295 e. The highest BCUT2D eigenvalue weighted by atomic mass is 16.5. The van der Waals surface area contributed by atoms with Gasteiger partial charge in [0.25, 0.3) is 11.7 Å². The first kappa shape index (κ1) is 26.7. The van der Waals surface area contributed by atoms with Crippen LogP contribution in [0.2, 0.25) is 0 Å². The summed E-state index contributed by atoms with van der Waals surface area (Å²) in [5.41, 5.74) is 3.20. The summed E-state index contributed by atoms with van der Waals surface area (Å²) >= 11 is 0. The normalized spacial score (nSPS) is 19.9. The number of benzene rings is 2. The predicted molar refractivity (Wildman–Crippen MR) is 144 cm³/mol. The molecule has 2 saturated heterocycles. The monoisotopic (exact) mass is 507 g/mol. The summed E-state index contributed by atoms with van der Waals surface area (Å²) in [6.45, 7) is 8.41. The summed E-state index contributed by atoms with van der Waals surface area (Å²) in [7, 11) is 3.92. The van der Waals surface area contributed by atoms with E-state index in [0.29, 0.717) is 44.2 Å². The first-order valence-corrected chi connectivity index (χ1v) is 12.9. The second-order valence-electron chi connectivity index (χ2n) is 9.76. The van der Waals surface area contributed by atoms with Crippen LogP contribution < -0.4 is 9.64 Å². The molecule has 0 bridgehead atoms. The minimum Gasteiger partial charge on any atom is -0.507 e. The van der Waals surface area contributed by atoms with Crippen LogP contribution in [0.15, 0.2) is 48.0 Å². The van der Waals surface area contributed by atoms with Crippen molar-refractivity contribution in [2.75, 3.05) is 65.0 Å². The van der Waals surface area contributed by atoms with E-state index in [1.165, 1.54) is 0 Å². The van der Waals surface area contributed by atoms with E-state index in [1.807, 2.05) is 63.2 Å². The van der Waals surface area contributed by atoms with Crippen LogP contribution in [0.1, 0.15) is 36.1 Å². The summed E-state index contributed by atoms with van der Waals surface area (Å²) in [4.78, 5) is 32.5. The van der Waals surface area contributed by atoms with Crippen molar-refractivity contribution in [2.24, 2.45) is 0 Å². The Bertz CT molecular complexity index is 1150. The molecule has 0 aliphatic carbocycles. The molecule has 2 aliphatic heterocycles. The van der Waals surface area contributed by atoms with Crippen molar-refractivity contribution in [2.45, 2.75) is 26.3 Å². The van der Waals surface area contributed by atoms with Gasteiger partial charge in [-0.3, -0.25) is 14.5 Å². The SMILES string of the molecule is CCCOc1ccc(C(O)=C2C(=O)C(=O)N(CCN3CCOCC3)[C@H]2c2ccc(N(C)C)cc2)c(C)c1. The van der Waals surface area contributed by atoms with E-state index in [2.05, 4.69) is 4.90 Å². The van der Waals surface area contributed by atoms with Gasteiger partial charge >= 0.3 is 0 Å². The number of ketones is 1. The number of Topliss-reactive ketones (excluding diaryl/α,β-unsaturated/α-hetero) is 1. The number of carbonyl (C=O) groups excluding carboxylic acids is 2. The molecule has 4 rings (SSSR count). The van der Waals surface area contributed by atoms with Crippen molar-refractivity contribution in [3.05, 3.63) is 64.7 Å². The maximum absolute atomic E-state index is 13.4. The largest absolute Gasteiger partial charge is 0.507 e. The third kappa shape index (κ3) is 5.81. The number of hydrogen-bond acceptors (Lipinski definition) is 7. The van der Waals surface area contributed by atoms with E-state index in [4.69, 9.17) is 9.47 Å². The van der Waals surface area contributed by atoms with Crippen molar-refractivity contribution >= 4 is 23.1 Å². The molecule has 1 amide bonds. The van der Waals surface area contributed by atoms with Gasteiger partial charge in [0.2, 0.25) is 0 Å². The summed E-state index contributed by atoms with van der Waals surface area (Å²) in [5.74, 6) is -0.699. The standard InChI is InChI=1S/C29H37N3O5/c1-5-16-37-23-10-11-24(20(2)19-23)27(33)25-26(21-6-8-22(9-7-21)30(3)4)32(29(35)28(25)34)13-12-31-14-17-36-18-15-31/h6-11,19,26,33H,5,12-18H2,1-4H3/t26-/m0/s1. The Labute approximate surface area is 219 Å². The predicted octanol–water partition coefficient (Wildman–Crippen LogP) is 3.60. The molecule has 8 nitrogen and oxygen atoms in total. The maximum Gasteiger partial charge on any atom is 0.295 e. The quantitative estimate of drug-likeness (QED) is 0.315. The Hall–Kier alpha value is -3.36. The number of amides is 1. The molecule has 0 saturated carbocycles. The molecule has 1 atom stereocenters. The summed E-state index contributed by atoms with van der Waals surface area (Å²) in [5, 5.41) is 11.5. The molecule has 2 aromatic carbocycles. The fraction of sp³-hybridized carbons (Fsp3) is 0.448. The minimum absolute atomic E-state index is 0.120. The van der Waals surface area contributed by atoms with Crippen LogP contribution in [-0.4, -0.2) is 86.7 Å². The van der Waals surface area contributed by atoms with Crippen molar-refractivity contribution in [1.29, 1.82) is 0 Å². The van der Waals surface area contributed by atoms with E-state index >= 15 is 0 Å². The van der Waals surface area contributed by atoms with Gasteiger partial charge in [0.05, 0.1) is 31.4 Å². The van der Waals surface area contributed by atoms with Crippen molar-refractivity contribution in [3.63, 3.8) is 0 Å². The van der Waals surface area contributed by atoms with Crippen LogP contribution in [0.25, 0.3) is 5.76 Å². The van der Waals surface area contributed by atoms with Crippen molar-refractivity contribution < 1.29 is 24.2 Å². The maximum atomic E-state index is 13.4. The second kappa shape index (κ2) is 11.8. The van der Waals surface area contributed by atoms with Crippen LogP contribution in [-0.2, 0) is 14.3 Å². The molecule has 198 valence electrons. The fourth-order valence-corrected chi connectivity index (χ4v) is 4.84. The summed E-state index contributed by atoms with van der Waals surface area (Å²) in [6.07, 6.45) is 0.890. The third-order valence-corrected chi connectivity index (χ3v) is 6.95. The molecule has 0 unspecified atom stereocenters. The third-order valence-electron chi connectivity index (χ3n) is 6.95. The number of rotatable bonds is 9. The number of ether oxygens (including phenoxy) is 2. The van der Waals surface area contributed by atoms with Crippen molar-refractivity contribution in [3.8, 4) is 5.75 Å². The first-order valence-electron chi connectivity index (χ1n) is 12.9. The number of likely N-dealkylation sites (tertiary alicyclic amines) is 1. The Kier molecular flexibility index (Phi) is 8.51. The molecule has 2 aromatic rings. The van der Waals surface area contributed by atoms with E-state index in [-0.39, 0.29) is 11.3 Å². The van der Waals surface area contributed by atoms with Crippen LogP contribution in [0, 0.1) is 6.92 Å². The number of aryl methyl sites for hydroxylation is 1. The Morgan fingerprint density at radius 3 is 2.41 bits per heavy atom. The van der Waals surface area contributed by atoms with Gasteiger partial charge in [0.15, 0.2) is 0 Å². The highest BCUT2D eigenvalue weighted by Gasteiger charge is 2.46. The van der Waals surface area contributed by atoms with E-state index in [9.17, 15) is 14.7 Å². The molecule has 0 spiro atoms. The Morgan fingerprint density at radius 1 is 1.08 bits per heavy atom. The average Bonchev–Trinajstić information content (AvgIpc) is 3.16. The lowest BCUT2D eigenvalue weighted by Gasteiger charge is -2.31. The zero-order valence-corrected chi connectivity index (χ0v) is 22.2. The lowest BCUT2D eigenvalue weighted by Crippen LogP contribution is -2.42. The summed E-state index contributed by atoms with van der Waals surface area (Å²) < 4.78 is 11.2. The van der Waals surface area contributed by atoms with Gasteiger partial charge in [0, 0.05) is 51.5 Å². The lowest BCUT2D eigenvalue weighted by atomic mass is 9.93. The van der Waals surface area contributed by atoms with Gasteiger partial charge in [-0.15, -0.1) is 0 Å². The zero-order valence-electron chi connectivity index (χ0n) is 22.2. The molecule has 2 heterocycles. The van der Waals surface area contributed by atoms with Crippen LogP contribution in [0.3, 0.4) is 0 Å². The average molecular weight is 508 g/mol. The van der Waals surface area contributed by atoms with Gasteiger partial charge in [-0.2, -0.15) is 0 Å². The van der Waals surface area contributed by atoms with Crippen LogP contribution >= 0.6 is 0 Å². The number of morpholine rings is 1. The first-order chi connectivity index (χ1) is 17.8. The number of hydrogen-bond donors (Lipinski definition) is 1. The van der Waals surface area contributed by atoms with Crippen molar-refractivity contribution in [1.82, 2.24) is 9.80 Å². The molecular weight excluding hydrogens is 470 g/mol. The number of aliphatic hydroxyl groups is 1. The molecule has 1 N–H and O–H groups in total. The number of carbonyl (C=O) groups is 2. The van der Waals surface area contributed by atoms with Gasteiger partial charge in [0.1, 0.15) is 11.5 Å². The Balaban J connectivity index is 1.73. The molecular formula is C29H37N3O5. The number of aliphatic hydroxyl groups excluding tert-OH is 1. The van der Waals surface area contributed by atoms with E-state index in [1.54, 1.807) is 17.0 Å². The van der Waals surface area contributed by atoms with Gasteiger partial charge in [-0.25, -0.2) is 0 Å². The van der Waals surface area contributed by atoms with Crippen LogP contribution in [0.5, 0.6) is 5.75 Å². The van der Waals surface area contributed by atoms with Crippen LogP contribution in [0.4, 0.5) is 5.69 Å². The molecule has 2 aliphatic rings. The molecule has 0 aromatic heterocycles. The van der Waals surface area contributed by atoms with Gasteiger partial charge in [-0.05, 0) is 54.8 Å². The van der Waals surface area contributed by atoms with Gasteiger partial charge in [-0.1, -0.05) is 19.1 Å². The molecule has 2 fully saturated rings. The number of anilines is 1. The lowest BCUT2D eigenvalue weighted by molar-refractivity contribution is -0.140. The highest BCUT2D eigenvalue weighted by molar-refractivity contribution is 6.46. The fourth-order valence-electron chi connectivity index (χ4n) is 4.84. The summed E-state index contributed by atoms with van der Waals surface area (Å²) in [6, 6.07) is 12.5. The highest BCUT2D eigenvalue weighted by Crippen LogP contribution is 2.40. The molecule has 37 heavy (non-hydrogen) atoms. The van der Waals surface area contributed by atoms with E-state index in [0.717, 1.165) is 36.3 Å².